The number of hydrogen-bond donors (Lipinski definition) is 3. The molecular formula is C34H43N3O5S. The Hall–Kier alpha value is -3.66. The van der Waals surface area contributed by atoms with Crippen LogP contribution in [0.4, 0.5) is 0 Å². The summed E-state index contributed by atoms with van der Waals surface area (Å²) in [5.41, 5.74) is 8.17. The maximum absolute atomic E-state index is 11.9. The molecule has 8 nitrogen and oxygen atoms in total. The van der Waals surface area contributed by atoms with Gasteiger partial charge >= 0.3 is 0 Å². The Bertz CT molecular complexity index is 1600. The molecule has 230 valence electrons. The molecule has 2 atom stereocenters. The van der Waals surface area contributed by atoms with Crippen molar-refractivity contribution in [3.63, 3.8) is 0 Å². The summed E-state index contributed by atoms with van der Waals surface area (Å²) in [5, 5.41) is 11.3. The molecule has 0 fully saturated rings. The summed E-state index contributed by atoms with van der Waals surface area (Å²) in [6, 6.07) is 22.5. The number of amides is 1. The largest absolute Gasteiger partial charge is 0.497 e. The summed E-state index contributed by atoms with van der Waals surface area (Å²) in [6.07, 6.45) is 3.14. The van der Waals surface area contributed by atoms with E-state index in [4.69, 9.17) is 4.74 Å². The van der Waals surface area contributed by atoms with Gasteiger partial charge in [0.2, 0.25) is 16.4 Å². The minimum atomic E-state index is -3.29. The molecule has 1 aliphatic rings. The van der Waals surface area contributed by atoms with Crippen molar-refractivity contribution in [3.8, 4) is 5.75 Å². The number of nitrogens with one attached hydrogen (secondary N) is 2. The van der Waals surface area contributed by atoms with Gasteiger partial charge in [-0.05, 0) is 87.4 Å². The second-order valence-corrected chi connectivity index (χ2v) is 13.2. The van der Waals surface area contributed by atoms with Gasteiger partial charge in [0.1, 0.15) is 5.75 Å². The molecule has 4 aromatic rings. The standard InChI is InChI=1S/C26H33N3O4S.C8H10O/c1-3-34(32,33)27-16-21(31)6-4-5-19-8-10-20(11-9-19)26-25-22(13-14-29(26)17-30)23-15-18(2)7-12-24(23)28-25;1-7-3-5-8(9-2)6-4-7/h7-12,15,17,21,26-28,31H,3-6,13-14,16H2,1-2H3;3-6H,1-2H3. The lowest BCUT2D eigenvalue weighted by molar-refractivity contribution is -0.120. The molecule has 1 aromatic heterocycles. The molecule has 0 radical (unpaired) electrons. The first-order chi connectivity index (χ1) is 20.6. The summed E-state index contributed by atoms with van der Waals surface area (Å²) >= 11 is 0. The van der Waals surface area contributed by atoms with Crippen LogP contribution in [0.3, 0.4) is 0 Å². The lowest BCUT2D eigenvalue weighted by Crippen LogP contribution is -2.35. The number of fused-ring (bicyclic) bond motifs is 3. The molecule has 2 unspecified atom stereocenters. The van der Waals surface area contributed by atoms with E-state index in [1.807, 2.05) is 29.2 Å². The van der Waals surface area contributed by atoms with Crippen LogP contribution in [0.2, 0.25) is 0 Å². The number of aromatic amines is 1. The quantitative estimate of drug-likeness (QED) is 0.203. The third-order valence-corrected chi connectivity index (χ3v) is 9.30. The highest BCUT2D eigenvalue weighted by atomic mass is 32.2. The molecule has 43 heavy (non-hydrogen) atoms. The van der Waals surface area contributed by atoms with Crippen molar-refractivity contribution >= 4 is 27.3 Å². The van der Waals surface area contributed by atoms with Crippen LogP contribution in [0, 0.1) is 13.8 Å². The molecule has 9 heteroatoms. The number of hydrogen-bond acceptors (Lipinski definition) is 5. The number of aliphatic hydroxyl groups excluding tert-OH is 1. The van der Waals surface area contributed by atoms with Crippen LogP contribution in [-0.4, -0.2) is 61.9 Å². The predicted octanol–water partition coefficient (Wildman–Crippen LogP) is 5.21. The average Bonchev–Trinajstić information content (AvgIpc) is 3.38. The molecule has 2 heterocycles. The third-order valence-electron chi connectivity index (χ3n) is 7.93. The zero-order valence-electron chi connectivity index (χ0n) is 25.5. The molecule has 0 bridgehead atoms. The molecule has 0 spiro atoms. The second-order valence-electron chi connectivity index (χ2n) is 11.1. The highest BCUT2D eigenvalue weighted by Crippen LogP contribution is 2.38. The Morgan fingerprint density at radius 1 is 1.07 bits per heavy atom. The van der Waals surface area contributed by atoms with Gasteiger partial charge in [-0.15, -0.1) is 0 Å². The van der Waals surface area contributed by atoms with Crippen molar-refractivity contribution in [1.82, 2.24) is 14.6 Å². The minimum Gasteiger partial charge on any atom is -0.497 e. The van der Waals surface area contributed by atoms with Crippen LogP contribution in [0.5, 0.6) is 5.75 Å². The van der Waals surface area contributed by atoms with Crippen LogP contribution in [0.25, 0.3) is 10.9 Å². The molecule has 3 aromatic carbocycles. The summed E-state index contributed by atoms with van der Waals surface area (Å²) in [6.45, 7) is 6.45. The lowest BCUT2D eigenvalue weighted by Gasteiger charge is -2.33. The van der Waals surface area contributed by atoms with Crippen LogP contribution in [0.15, 0.2) is 66.7 Å². The molecule has 1 amide bonds. The van der Waals surface area contributed by atoms with Crippen molar-refractivity contribution in [3.05, 3.63) is 100 Å². The molecule has 0 saturated carbocycles. The molecular weight excluding hydrogens is 562 g/mol. The van der Waals surface area contributed by atoms with Gasteiger partial charge in [-0.1, -0.05) is 53.6 Å². The van der Waals surface area contributed by atoms with E-state index in [1.54, 1.807) is 14.0 Å². The Morgan fingerprint density at radius 3 is 2.42 bits per heavy atom. The number of aliphatic hydroxyl groups is 1. The Morgan fingerprint density at radius 2 is 1.77 bits per heavy atom. The van der Waals surface area contributed by atoms with Crippen LogP contribution in [0.1, 0.15) is 59.3 Å². The van der Waals surface area contributed by atoms with E-state index in [0.29, 0.717) is 13.0 Å². The highest BCUT2D eigenvalue weighted by molar-refractivity contribution is 7.89. The number of methoxy groups -OCH3 is 1. The number of nitrogens with zero attached hydrogens (tertiary/aromatic N) is 1. The van der Waals surface area contributed by atoms with Crippen molar-refractivity contribution in [1.29, 1.82) is 0 Å². The van der Waals surface area contributed by atoms with Crippen LogP contribution < -0.4 is 9.46 Å². The summed E-state index contributed by atoms with van der Waals surface area (Å²) in [5.74, 6) is 0.925. The summed E-state index contributed by atoms with van der Waals surface area (Å²) in [4.78, 5) is 17.3. The number of sulfonamides is 1. The molecule has 1 aliphatic heterocycles. The highest BCUT2D eigenvalue weighted by Gasteiger charge is 2.30. The van der Waals surface area contributed by atoms with Gasteiger partial charge in [-0.3, -0.25) is 4.79 Å². The van der Waals surface area contributed by atoms with E-state index in [9.17, 15) is 18.3 Å². The average molecular weight is 606 g/mol. The van der Waals surface area contributed by atoms with E-state index in [1.165, 1.54) is 22.1 Å². The number of H-pyrrole nitrogens is 1. The van der Waals surface area contributed by atoms with Gasteiger partial charge in [0, 0.05) is 29.7 Å². The number of carbonyl (C=O) groups is 1. The van der Waals surface area contributed by atoms with E-state index < -0.39 is 16.1 Å². The second kappa shape index (κ2) is 14.7. The number of carbonyl (C=O) groups excluding carboxylic acids is 1. The van der Waals surface area contributed by atoms with Crippen molar-refractivity contribution < 1.29 is 23.1 Å². The zero-order chi connectivity index (χ0) is 31.0. The zero-order valence-corrected chi connectivity index (χ0v) is 26.3. The first-order valence-electron chi connectivity index (χ1n) is 14.8. The van der Waals surface area contributed by atoms with Gasteiger partial charge in [-0.2, -0.15) is 0 Å². The Balaban J connectivity index is 0.000000403. The topological polar surface area (TPSA) is 112 Å². The molecule has 3 N–H and O–H groups in total. The van der Waals surface area contributed by atoms with Crippen LogP contribution in [-0.2, 0) is 27.7 Å². The van der Waals surface area contributed by atoms with Crippen molar-refractivity contribution in [2.75, 3.05) is 26.0 Å². The van der Waals surface area contributed by atoms with E-state index in [2.05, 4.69) is 66.0 Å². The SMILES string of the molecule is CCS(=O)(=O)NCC(O)CCCc1ccc(C2c3[nH]c4ccc(C)cc4c3CCN2C=O)cc1.COc1ccc(C)cc1. The first-order valence-corrected chi connectivity index (χ1v) is 16.5. The smallest absolute Gasteiger partial charge is 0.211 e. The van der Waals surface area contributed by atoms with Gasteiger partial charge in [-0.25, -0.2) is 13.1 Å². The number of aromatic nitrogens is 1. The predicted molar refractivity (Wildman–Crippen MR) is 172 cm³/mol. The normalized spacial score (nSPS) is 15.4. The maximum atomic E-state index is 11.9. The molecule has 5 rings (SSSR count). The van der Waals surface area contributed by atoms with Gasteiger partial charge in [0.15, 0.2) is 0 Å². The number of aryl methyl sites for hydroxylation is 3. The van der Waals surface area contributed by atoms with Gasteiger partial charge in [0.25, 0.3) is 0 Å². The number of rotatable bonds is 11. The van der Waals surface area contributed by atoms with Gasteiger partial charge in [0.05, 0.1) is 25.0 Å². The fourth-order valence-electron chi connectivity index (χ4n) is 5.40. The molecule has 0 aliphatic carbocycles. The number of benzene rings is 3. The fourth-order valence-corrected chi connectivity index (χ4v) is 6.05. The summed E-state index contributed by atoms with van der Waals surface area (Å²) < 4.78 is 30.4. The maximum Gasteiger partial charge on any atom is 0.211 e. The van der Waals surface area contributed by atoms with E-state index in [0.717, 1.165) is 53.8 Å². The van der Waals surface area contributed by atoms with E-state index in [-0.39, 0.29) is 18.3 Å². The summed E-state index contributed by atoms with van der Waals surface area (Å²) in [7, 11) is -1.62. The van der Waals surface area contributed by atoms with Crippen LogP contribution >= 0.6 is 0 Å². The van der Waals surface area contributed by atoms with Crippen molar-refractivity contribution in [2.24, 2.45) is 0 Å². The van der Waals surface area contributed by atoms with E-state index >= 15 is 0 Å². The number of ether oxygens (including phenoxy) is 1. The Kier molecular flexibility index (Phi) is 11.0. The lowest BCUT2D eigenvalue weighted by atomic mass is 9.92. The third kappa shape index (κ3) is 8.46. The Labute approximate surface area is 255 Å². The molecule has 0 saturated heterocycles. The monoisotopic (exact) mass is 605 g/mol. The fraction of sp³-hybridized carbons (Fsp3) is 0.382. The van der Waals surface area contributed by atoms with Gasteiger partial charge < -0.3 is 19.7 Å². The van der Waals surface area contributed by atoms with Crippen molar-refractivity contribution in [2.45, 2.75) is 58.6 Å². The minimum absolute atomic E-state index is 0.00818. The first kappa shape index (κ1) is 32.3.